The number of nitrogens with zero attached hydrogens (tertiary/aromatic N) is 1. The van der Waals surface area contributed by atoms with Crippen LogP contribution in [0.25, 0.3) is 0 Å². The van der Waals surface area contributed by atoms with E-state index in [1.165, 1.54) is 30.7 Å². The molecular formula is C18H26N2O5S. The maximum atomic E-state index is 12.2. The molecule has 0 heterocycles. The molecule has 1 amide bonds. The molecule has 1 aliphatic rings. The average molecular weight is 382 g/mol. The molecule has 0 atom stereocenters. The lowest BCUT2D eigenvalue weighted by Gasteiger charge is -2.31. The van der Waals surface area contributed by atoms with Gasteiger partial charge < -0.3 is 9.64 Å². The van der Waals surface area contributed by atoms with Crippen LogP contribution in [-0.4, -0.2) is 51.4 Å². The van der Waals surface area contributed by atoms with E-state index in [0.29, 0.717) is 0 Å². The number of benzene rings is 1. The van der Waals surface area contributed by atoms with Crippen molar-refractivity contribution in [1.82, 2.24) is 9.62 Å². The van der Waals surface area contributed by atoms with E-state index in [0.717, 1.165) is 25.7 Å². The Morgan fingerprint density at radius 3 is 2.58 bits per heavy atom. The molecule has 0 aromatic heterocycles. The van der Waals surface area contributed by atoms with Crippen molar-refractivity contribution in [2.45, 2.75) is 50.0 Å². The summed E-state index contributed by atoms with van der Waals surface area (Å²) in [6, 6.07) is 5.77. The minimum absolute atomic E-state index is 0.0144. The molecule has 1 aromatic rings. The molecule has 0 bridgehead atoms. The van der Waals surface area contributed by atoms with E-state index < -0.39 is 16.0 Å². The van der Waals surface area contributed by atoms with Crippen LogP contribution < -0.4 is 4.72 Å². The highest BCUT2D eigenvalue weighted by atomic mass is 32.2. The highest BCUT2D eigenvalue weighted by Gasteiger charge is 2.23. The Balaban J connectivity index is 1.96. The van der Waals surface area contributed by atoms with Gasteiger partial charge in [0.05, 0.1) is 10.5 Å². The fourth-order valence-corrected chi connectivity index (χ4v) is 4.13. The molecule has 144 valence electrons. The van der Waals surface area contributed by atoms with E-state index >= 15 is 0 Å². The Bertz CT molecular complexity index is 742. The van der Waals surface area contributed by atoms with Crippen molar-refractivity contribution in [3.63, 3.8) is 0 Å². The van der Waals surface area contributed by atoms with Crippen molar-refractivity contribution in [1.29, 1.82) is 0 Å². The molecule has 7 nitrogen and oxygen atoms in total. The maximum Gasteiger partial charge on any atom is 0.338 e. The summed E-state index contributed by atoms with van der Waals surface area (Å²) in [7, 11) is -1.93. The molecule has 1 N–H and O–H groups in total. The minimum Gasteiger partial charge on any atom is -0.452 e. The van der Waals surface area contributed by atoms with Gasteiger partial charge in [-0.25, -0.2) is 17.9 Å². The van der Waals surface area contributed by atoms with E-state index in [1.807, 2.05) is 0 Å². The summed E-state index contributed by atoms with van der Waals surface area (Å²) in [5, 5.41) is 0. The van der Waals surface area contributed by atoms with Crippen molar-refractivity contribution in [2.75, 3.05) is 20.2 Å². The van der Waals surface area contributed by atoms with Gasteiger partial charge in [0.15, 0.2) is 6.61 Å². The number of hydrogen-bond donors (Lipinski definition) is 1. The lowest BCUT2D eigenvalue weighted by molar-refractivity contribution is -0.135. The van der Waals surface area contributed by atoms with Crippen molar-refractivity contribution in [3.8, 4) is 0 Å². The third kappa shape index (κ3) is 5.28. The Labute approximate surface area is 154 Å². The standard InChI is InChI=1S/C18H26N2O5S/c1-3-19-26(23,24)16-11-7-8-14(12-16)18(22)25-13-17(21)20(2)15-9-5-4-6-10-15/h7-8,11-12,15,19H,3-6,9-10,13H2,1-2H3. The number of sulfonamides is 1. The Kier molecular flexibility index (Phi) is 7.16. The maximum absolute atomic E-state index is 12.2. The van der Waals surface area contributed by atoms with Crippen molar-refractivity contribution < 1.29 is 22.7 Å². The van der Waals surface area contributed by atoms with Gasteiger partial charge in [0.25, 0.3) is 5.91 Å². The number of carbonyl (C=O) groups is 2. The number of amides is 1. The number of carbonyl (C=O) groups excluding carboxylic acids is 2. The van der Waals surface area contributed by atoms with Crippen LogP contribution in [0.1, 0.15) is 49.4 Å². The fraction of sp³-hybridized carbons (Fsp3) is 0.556. The molecule has 0 spiro atoms. The van der Waals surface area contributed by atoms with Gasteiger partial charge >= 0.3 is 5.97 Å². The topological polar surface area (TPSA) is 92.8 Å². The first-order valence-corrected chi connectivity index (χ1v) is 10.4. The Hall–Kier alpha value is -1.93. The predicted molar refractivity (Wildman–Crippen MR) is 97.2 cm³/mol. The zero-order valence-electron chi connectivity index (χ0n) is 15.2. The SMILES string of the molecule is CCNS(=O)(=O)c1cccc(C(=O)OCC(=O)N(C)C2CCCCC2)c1. The van der Waals surface area contributed by atoms with Crippen molar-refractivity contribution in [3.05, 3.63) is 29.8 Å². The first kappa shape index (κ1) is 20.4. The highest BCUT2D eigenvalue weighted by Crippen LogP contribution is 2.21. The molecule has 2 rings (SSSR count). The van der Waals surface area contributed by atoms with Gasteiger partial charge in [-0.15, -0.1) is 0 Å². The lowest BCUT2D eigenvalue weighted by atomic mass is 9.94. The first-order valence-electron chi connectivity index (χ1n) is 8.87. The van der Waals surface area contributed by atoms with Gasteiger partial charge in [0.1, 0.15) is 0 Å². The Morgan fingerprint density at radius 1 is 1.23 bits per heavy atom. The summed E-state index contributed by atoms with van der Waals surface area (Å²) in [5.74, 6) is -0.967. The molecule has 1 aromatic carbocycles. The summed E-state index contributed by atoms with van der Waals surface area (Å²) in [6.07, 6.45) is 5.35. The van der Waals surface area contributed by atoms with Crippen LogP contribution in [0.3, 0.4) is 0 Å². The second-order valence-corrected chi connectivity index (χ2v) is 8.17. The van der Waals surface area contributed by atoms with Gasteiger partial charge in [-0.05, 0) is 31.0 Å². The van der Waals surface area contributed by atoms with E-state index in [9.17, 15) is 18.0 Å². The molecular weight excluding hydrogens is 356 g/mol. The third-order valence-electron chi connectivity index (χ3n) is 4.56. The second-order valence-electron chi connectivity index (χ2n) is 6.40. The zero-order valence-corrected chi connectivity index (χ0v) is 16.0. The highest BCUT2D eigenvalue weighted by molar-refractivity contribution is 7.89. The number of rotatable bonds is 7. The van der Waals surface area contributed by atoms with Crippen LogP contribution in [0.2, 0.25) is 0 Å². The largest absolute Gasteiger partial charge is 0.452 e. The molecule has 26 heavy (non-hydrogen) atoms. The van der Waals surface area contributed by atoms with Crippen LogP contribution in [-0.2, 0) is 19.6 Å². The number of nitrogens with one attached hydrogen (secondary N) is 1. The summed E-state index contributed by atoms with van der Waals surface area (Å²) in [4.78, 5) is 26.0. The third-order valence-corrected chi connectivity index (χ3v) is 6.10. The van der Waals surface area contributed by atoms with Crippen LogP contribution in [0.15, 0.2) is 29.2 Å². The smallest absolute Gasteiger partial charge is 0.338 e. The normalized spacial score (nSPS) is 15.5. The molecule has 1 aliphatic carbocycles. The molecule has 1 fully saturated rings. The van der Waals surface area contributed by atoms with Gasteiger partial charge in [0, 0.05) is 19.6 Å². The summed E-state index contributed by atoms with van der Waals surface area (Å²) in [5.41, 5.74) is 0.0945. The van der Waals surface area contributed by atoms with Crippen LogP contribution in [0.5, 0.6) is 0 Å². The van der Waals surface area contributed by atoms with Crippen molar-refractivity contribution in [2.24, 2.45) is 0 Å². The van der Waals surface area contributed by atoms with E-state index in [-0.39, 0.29) is 35.6 Å². The summed E-state index contributed by atoms with van der Waals surface area (Å²) in [6.45, 7) is 1.57. The zero-order chi connectivity index (χ0) is 19.2. The molecule has 0 radical (unpaired) electrons. The second kappa shape index (κ2) is 9.14. The number of esters is 1. The van der Waals surface area contributed by atoms with Crippen LogP contribution in [0, 0.1) is 0 Å². The molecule has 8 heteroatoms. The quantitative estimate of drug-likeness (QED) is 0.728. The van der Waals surface area contributed by atoms with Gasteiger partial charge in [-0.3, -0.25) is 4.79 Å². The lowest BCUT2D eigenvalue weighted by Crippen LogP contribution is -2.40. The average Bonchev–Trinajstić information content (AvgIpc) is 2.66. The predicted octanol–water partition coefficient (Wildman–Crippen LogP) is 1.93. The molecule has 0 aliphatic heterocycles. The first-order chi connectivity index (χ1) is 12.3. The molecule has 0 saturated heterocycles. The van der Waals surface area contributed by atoms with Crippen molar-refractivity contribution >= 4 is 21.9 Å². The van der Waals surface area contributed by atoms with Gasteiger partial charge in [-0.1, -0.05) is 32.3 Å². The van der Waals surface area contributed by atoms with E-state index in [1.54, 1.807) is 18.9 Å². The number of ether oxygens (including phenoxy) is 1. The molecule has 1 saturated carbocycles. The van der Waals surface area contributed by atoms with Crippen LogP contribution >= 0.6 is 0 Å². The number of likely N-dealkylation sites (N-methyl/N-ethyl adjacent to an activating group) is 1. The van der Waals surface area contributed by atoms with E-state index in [2.05, 4.69) is 4.72 Å². The van der Waals surface area contributed by atoms with Crippen LogP contribution in [0.4, 0.5) is 0 Å². The fourth-order valence-electron chi connectivity index (χ4n) is 3.05. The molecule has 0 unspecified atom stereocenters. The van der Waals surface area contributed by atoms with E-state index in [4.69, 9.17) is 4.74 Å². The van der Waals surface area contributed by atoms with Gasteiger partial charge in [0.2, 0.25) is 10.0 Å². The van der Waals surface area contributed by atoms with Gasteiger partial charge in [-0.2, -0.15) is 0 Å². The summed E-state index contributed by atoms with van der Waals surface area (Å²) >= 11 is 0. The number of hydrogen-bond acceptors (Lipinski definition) is 5. The monoisotopic (exact) mass is 382 g/mol. The Morgan fingerprint density at radius 2 is 1.92 bits per heavy atom. The summed E-state index contributed by atoms with van der Waals surface area (Å²) < 4.78 is 31.5. The minimum atomic E-state index is -3.66.